The van der Waals surface area contributed by atoms with Crippen LogP contribution in [0.5, 0.6) is 0 Å². The van der Waals surface area contributed by atoms with Gasteiger partial charge in [0.15, 0.2) is 0 Å². The molecule has 0 amide bonds. The van der Waals surface area contributed by atoms with Crippen LogP contribution < -0.4 is 0 Å². The number of nitrogens with zero attached hydrogens (tertiary/aromatic N) is 1. The third kappa shape index (κ3) is 3.96. The number of carboxylic acids is 1. The maximum absolute atomic E-state index is 13.5. The second-order valence-electron chi connectivity index (χ2n) is 5.22. The van der Waals surface area contributed by atoms with Crippen molar-refractivity contribution in [2.24, 2.45) is 5.92 Å². The van der Waals surface area contributed by atoms with E-state index in [9.17, 15) is 9.18 Å². The van der Waals surface area contributed by atoms with Gasteiger partial charge in [0.05, 0.1) is 5.92 Å². The summed E-state index contributed by atoms with van der Waals surface area (Å²) in [6.45, 7) is 3.76. The minimum atomic E-state index is -0.683. The largest absolute Gasteiger partial charge is 0.481 e. The Morgan fingerprint density at radius 2 is 2.25 bits per heavy atom. The van der Waals surface area contributed by atoms with Crippen LogP contribution in [0.25, 0.3) is 0 Å². The molecule has 0 radical (unpaired) electrons. The van der Waals surface area contributed by atoms with E-state index in [4.69, 9.17) is 5.11 Å². The van der Waals surface area contributed by atoms with Gasteiger partial charge in [0, 0.05) is 23.2 Å². The van der Waals surface area contributed by atoms with Gasteiger partial charge < -0.3 is 5.11 Å². The number of aliphatic carboxylic acids is 1. The van der Waals surface area contributed by atoms with Gasteiger partial charge in [-0.05, 0) is 38.4 Å². The van der Waals surface area contributed by atoms with E-state index in [-0.39, 0.29) is 17.8 Å². The number of carboxylic acid groups (broad SMARTS) is 1. The quantitative estimate of drug-likeness (QED) is 0.848. The lowest BCUT2D eigenvalue weighted by atomic mass is 9.92. The van der Waals surface area contributed by atoms with Gasteiger partial charge in [0.25, 0.3) is 0 Å². The predicted octanol–water partition coefficient (Wildman–Crippen LogP) is 3.10. The van der Waals surface area contributed by atoms with E-state index in [2.05, 4.69) is 11.8 Å². The summed E-state index contributed by atoms with van der Waals surface area (Å²) >= 11 is 1.52. The van der Waals surface area contributed by atoms with Crippen LogP contribution in [-0.4, -0.2) is 40.9 Å². The van der Waals surface area contributed by atoms with Crippen LogP contribution >= 0.6 is 11.8 Å². The van der Waals surface area contributed by atoms with Crippen LogP contribution in [-0.2, 0) is 4.79 Å². The number of hydrogen-bond acceptors (Lipinski definition) is 3. The second kappa shape index (κ2) is 7.09. The molecule has 1 saturated heterocycles. The molecule has 2 unspecified atom stereocenters. The van der Waals surface area contributed by atoms with Crippen molar-refractivity contribution in [1.29, 1.82) is 0 Å². The summed E-state index contributed by atoms with van der Waals surface area (Å²) in [7, 11) is 0. The molecule has 2 atom stereocenters. The number of thioether (sulfide) groups is 1. The van der Waals surface area contributed by atoms with E-state index in [1.165, 1.54) is 17.8 Å². The number of piperidine rings is 1. The lowest BCUT2D eigenvalue weighted by Gasteiger charge is -2.36. The SMILES string of the molecule is CC1CC(C(=O)O)CCN1CCSc1ccccc1F. The summed E-state index contributed by atoms with van der Waals surface area (Å²) in [5.41, 5.74) is 0. The fraction of sp³-hybridized carbons (Fsp3) is 0.533. The van der Waals surface area contributed by atoms with Crippen LogP contribution in [0.4, 0.5) is 4.39 Å². The predicted molar refractivity (Wildman–Crippen MR) is 78.5 cm³/mol. The van der Waals surface area contributed by atoms with Gasteiger partial charge in [-0.2, -0.15) is 0 Å². The number of rotatable bonds is 5. The Balaban J connectivity index is 1.78. The molecular formula is C15H20FNO2S. The average Bonchev–Trinajstić information content (AvgIpc) is 2.42. The van der Waals surface area contributed by atoms with E-state index < -0.39 is 5.97 Å². The van der Waals surface area contributed by atoms with Gasteiger partial charge in [-0.1, -0.05) is 12.1 Å². The highest BCUT2D eigenvalue weighted by Gasteiger charge is 2.29. The maximum Gasteiger partial charge on any atom is 0.306 e. The van der Waals surface area contributed by atoms with Crippen molar-refractivity contribution in [2.45, 2.75) is 30.7 Å². The first-order chi connectivity index (χ1) is 9.58. The van der Waals surface area contributed by atoms with E-state index in [1.54, 1.807) is 12.1 Å². The molecule has 110 valence electrons. The summed E-state index contributed by atoms with van der Waals surface area (Å²) in [4.78, 5) is 14.0. The molecule has 1 aromatic rings. The van der Waals surface area contributed by atoms with Crippen molar-refractivity contribution in [3.8, 4) is 0 Å². The van der Waals surface area contributed by atoms with Gasteiger partial charge in [0.2, 0.25) is 0 Å². The van der Waals surface area contributed by atoms with Crippen LogP contribution in [0.1, 0.15) is 19.8 Å². The topological polar surface area (TPSA) is 40.5 Å². The number of hydrogen-bond donors (Lipinski definition) is 1. The molecule has 20 heavy (non-hydrogen) atoms. The van der Waals surface area contributed by atoms with E-state index in [0.717, 1.165) is 18.8 Å². The third-order valence-electron chi connectivity index (χ3n) is 3.84. The number of halogens is 1. The molecule has 5 heteroatoms. The highest BCUT2D eigenvalue weighted by Crippen LogP contribution is 2.25. The van der Waals surface area contributed by atoms with Crippen LogP contribution in [0.2, 0.25) is 0 Å². The van der Waals surface area contributed by atoms with Crippen molar-refractivity contribution in [2.75, 3.05) is 18.8 Å². The van der Waals surface area contributed by atoms with Gasteiger partial charge in [-0.25, -0.2) is 4.39 Å². The van der Waals surface area contributed by atoms with E-state index in [1.807, 2.05) is 6.07 Å². The van der Waals surface area contributed by atoms with Crippen molar-refractivity contribution >= 4 is 17.7 Å². The molecule has 0 aromatic heterocycles. The summed E-state index contributed by atoms with van der Waals surface area (Å²) < 4.78 is 13.5. The van der Waals surface area contributed by atoms with Gasteiger partial charge in [0.1, 0.15) is 5.82 Å². The minimum Gasteiger partial charge on any atom is -0.481 e. The first-order valence-corrected chi connectivity index (χ1v) is 7.90. The lowest BCUT2D eigenvalue weighted by molar-refractivity contribution is -0.144. The molecule has 3 nitrogen and oxygen atoms in total. The monoisotopic (exact) mass is 297 g/mol. The zero-order valence-electron chi connectivity index (χ0n) is 11.6. The Bertz CT molecular complexity index is 469. The van der Waals surface area contributed by atoms with Crippen LogP contribution in [0, 0.1) is 11.7 Å². The van der Waals surface area contributed by atoms with E-state index >= 15 is 0 Å². The molecule has 2 rings (SSSR count). The zero-order valence-corrected chi connectivity index (χ0v) is 12.4. The molecule has 0 aliphatic carbocycles. The average molecular weight is 297 g/mol. The highest BCUT2D eigenvalue weighted by atomic mass is 32.2. The first-order valence-electron chi connectivity index (χ1n) is 6.92. The third-order valence-corrected chi connectivity index (χ3v) is 4.86. The molecule has 1 N–H and O–H groups in total. The molecule has 0 bridgehead atoms. The Morgan fingerprint density at radius 1 is 1.50 bits per heavy atom. The molecule has 1 heterocycles. The van der Waals surface area contributed by atoms with Gasteiger partial charge in [-0.3, -0.25) is 9.69 Å². The van der Waals surface area contributed by atoms with Crippen LogP contribution in [0.15, 0.2) is 29.2 Å². The Hall–Kier alpha value is -1.07. The highest BCUT2D eigenvalue weighted by molar-refractivity contribution is 7.99. The Kier molecular flexibility index (Phi) is 5.43. The summed E-state index contributed by atoms with van der Waals surface area (Å²) in [5, 5.41) is 9.03. The fourth-order valence-electron chi connectivity index (χ4n) is 2.61. The second-order valence-corrected chi connectivity index (χ2v) is 6.36. The van der Waals surface area contributed by atoms with Crippen molar-refractivity contribution in [3.05, 3.63) is 30.1 Å². The molecule has 1 aromatic carbocycles. The summed E-state index contributed by atoms with van der Waals surface area (Å²) in [6.07, 6.45) is 1.42. The number of benzene rings is 1. The maximum atomic E-state index is 13.5. The standard InChI is InChI=1S/C15H20FNO2S/c1-11-10-12(15(18)19)6-7-17(11)8-9-20-14-5-3-2-4-13(14)16/h2-5,11-12H,6-10H2,1H3,(H,18,19). The van der Waals surface area contributed by atoms with Crippen LogP contribution in [0.3, 0.4) is 0 Å². The van der Waals surface area contributed by atoms with E-state index in [0.29, 0.717) is 17.7 Å². The first kappa shape index (κ1) is 15.3. The number of carbonyl (C=O) groups is 1. The fourth-order valence-corrected chi connectivity index (χ4v) is 3.54. The molecule has 0 saturated carbocycles. The minimum absolute atomic E-state index is 0.171. The zero-order chi connectivity index (χ0) is 14.5. The number of likely N-dealkylation sites (tertiary alicyclic amines) is 1. The molecule has 1 fully saturated rings. The smallest absolute Gasteiger partial charge is 0.306 e. The van der Waals surface area contributed by atoms with Crippen molar-refractivity contribution < 1.29 is 14.3 Å². The van der Waals surface area contributed by atoms with Crippen molar-refractivity contribution in [3.63, 3.8) is 0 Å². The summed E-state index contributed by atoms with van der Waals surface area (Å²) in [5.74, 6) is -0.240. The Morgan fingerprint density at radius 3 is 2.90 bits per heavy atom. The molecule has 0 spiro atoms. The Labute approximate surface area is 123 Å². The van der Waals surface area contributed by atoms with Gasteiger partial charge in [-0.15, -0.1) is 11.8 Å². The summed E-state index contributed by atoms with van der Waals surface area (Å²) in [6, 6.07) is 7.08. The van der Waals surface area contributed by atoms with Crippen molar-refractivity contribution in [1.82, 2.24) is 4.90 Å². The lowest BCUT2D eigenvalue weighted by Crippen LogP contribution is -2.43. The molecular weight excluding hydrogens is 277 g/mol. The molecule has 1 aliphatic rings. The molecule has 1 aliphatic heterocycles. The normalized spacial score (nSPS) is 23.7. The van der Waals surface area contributed by atoms with Gasteiger partial charge >= 0.3 is 5.97 Å².